The van der Waals surface area contributed by atoms with E-state index in [0.29, 0.717) is 0 Å². The third kappa shape index (κ3) is 8.84. The van der Waals surface area contributed by atoms with Gasteiger partial charge in [-0.05, 0) is 20.8 Å². The van der Waals surface area contributed by atoms with Crippen LogP contribution < -0.4 is 10.6 Å². The molecule has 0 aliphatic heterocycles. The van der Waals surface area contributed by atoms with E-state index >= 15 is 0 Å². The first-order valence-corrected chi connectivity index (χ1v) is 8.16. The van der Waals surface area contributed by atoms with Crippen molar-refractivity contribution in [2.45, 2.75) is 80.3 Å². The summed E-state index contributed by atoms with van der Waals surface area (Å²) in [6.07, 6.45) is 0.0286. The van der Waals surface area contributed by atoms with Gasteiger partial charge in [0.2, 0.25) is 5.91 Å². The second-order valence-electron chi connectivity index (χ2n) is 9.22. The summed E-state index contributed by atoms with van der Waals surface area (Å²) in [5.41, 5.74) is -1.35. The molecule has 1 unspecified atom stereocenters. The lowest BCUT2D eigenvalue weighted by molar-refractivity contribution is -0.136. The second-order valence-corrected chi connectivity index (χ2v) is 9.22. The monoisotopic (exact) mass is 326 g/mol. The smallest absolute Gasteiger partial charge is 0.234 e. The highest BCUT2D eigenvalue weighted by molar-refractivity contribution is 5.97. The van der Waals surface area contributed by atoms with E-state index in [1.807, 2.05) is 41.5 Å². The van der Waals surface area contributed by atoms with Crippen molar-refractivity contribution in [2.24, 2.45) is 10.8 Å². The van der Waals surface area contributed by atoms with E-state index < -0.39 is 16.9 Å². The van der Waals surface area contributed by atoms with Gasteiger partial charge in [-0.1, -0.05) is 41.5 Å². The highest BCUT2D eigenvalue weighted by Crippen LogP contribution is 2.22. The zero-order valence-electron chi connectivity index (χ0n) is 16.2. The van der Waals surface area contributed by atoms with Crippen LogP contribution in [-0.4, -0.2) is 35.6 Å². The van der Waals surface area contributed by atoms with Crippen LogP contribution in [0.2, 0.25) is 0 Å². The maximum absolute atomic E-state index is 12.6. The van der Waals surface area contributed by atoms with Crippen molar-refractivity contribution in [2.75, 3.05) is 6.54 Å². The first kappa shape index (κ1) is 21.8. The van der Waals surface area contributed by atoms with Crippen molar-refractivity contribution in [1.82, 2.24) is 10.6 Å². The SMILES string of the molecule is CC(C)(C)NCC(=O)NC(CC(=O)C(C)(C)C)C(=O)C(C)(C)C. The normalized spacial score (nSPS) is 14.3. The minimum atomic E-state index is -0.781. The van der Waals surface area contributed by atoms with Gasteiger partial charge in [-0.15, -0.1) is 0 Å². The minimum Gasteiger partial charge on any atom is -0.345 e. The topological polar surface area (TPSA) is 75.3 Å². The van der Waals surface area contributed by atoms with Crippen LogP contribution >= 0.6 is 0 Å². The van der Waals surface area contributed by atoms with Crippen LogP contribution in [-0.2, 0) is 14.4 Å². The zero-order valence-corrected chi connectivity index (χ0v) is 16.2. The summed E-state index contributed by atoms with van der Waals surface area (Å²) in [6, 6.07) is -0.781. The Labute approximate surface area is 141 Å². The Hall–Kier alpha value is -1.23. The highest BCUT2D eigenvalue weighted by Gasteiger charge is 2.34. The van der Waals surface area contributed by atoms with E-state index in [0.717, 1.165) is 0 Å². The van der Waals surface area contributed by atoms with Crippen LogP contribution in [0.15, 0.2) is 0 Å². The number of carbonyl (C=O) groups is 3. The van der Waals surface area contributed by atoms with E-state index in [2.05, 4.69) is 10.6 Å². The molecule has 0 rings (SSSR count). The Morgan fingerprint density at radius 2 is 1.30 bits per heavy atom. The number of nitrogens with one attached hydrogen (secondary N) is 2. The van der Waals surface area contributed by atoms with Crippen LogP contribution in [0.1, 0.15) is 68.7 Å². The fraction of sp³-hybridized carbons (Fsp3) is 0.833. The molecule has 5 heteroatoms. The van der Waals surface area contributed by atoms with Crippen LogP contribution in [0, 0.1) is 10.8 Å². The number of Topliss-reactive ketones (excluding diaryl/α,β-unsaturated/α-hetero) is 2. The summed E-state index contributed by atoms with van der Waals surface area (Å²) in [5.74, 6) is -0.437. The van der Waals surface area contributed by atoms with Crippen molar-refractivity contribution in [3.8, 4) is 0 Å². The van der Waals surface area contributed by atoms with Gasteiger partial charge < -0.3 is 10.6 Å². The Bertz CT molecular complexity index is 448. The molecule has 0 aromatic carbocycles. The van der Waals surface area contributed by atoms with Crippen molar-refractivity contribution >= 4 is 17.5 Å². The first-order valence-electron chi connectivity index (χ1n) is 8.16. The first-order chi connectivity index (χ1) is 10.0. The molecule has 0 aromatic rings. The molecule has 0 saturated carbocycles. The molecule has 134 valence electrons. The van der Waals surface area contributed by atoms with E-state index in [4.69, 9.17) is 0 Å². The van der Waals surface area contributed by atoms with Crippen molar-refractivity contribution in [1.29, 1.82) is 0 Å². The van der Waals surface area contributed by atoms with Gasteiger partial charge in [-0.3, -0.25) is 14.4 Å². The predicted octanol–water partition coefficient (Wildman–Crippen LogP) is 2.48. The quantitative estimate of drug-likeness (QED) is 0.786. The van der Waals surface area contributed by atoms with Crippen LogP contribution in [0.25, 0.3) is 0 Å². The van der Waals surface area contributed by atoms with Gasteiger partial charge in [-0.25, -0.2) is 0 Å². The van der Waals surface area contributed by atoms with Crippen LogP contribution in [0.3, 0.4) is 0 Å². The molecule has 0 bridgehead atoms. The standard InChI is InChI=1S/C18H34N2O3/c1-16(2,3)13(21)10-12(15(23)17(4,5)6)20-14(22)11-19-18(7,8)9/h12,19H,10-11H2,1-9H3,(H,20,22). The Morgan fingerprint density at radius 3 is 1.65 bits per heavy atom. The summed E-state index contributed by atoms with van der Waals surface area (Å²) in [7, 11) is 0. The molecule has 1 amide bonds. The lowest BCUT2D eigenvalue weighted by Crippen LogP contribution is -2.51. The fourth-order valence-corrected chi connectivity index (χ4v) is 1.81. The molecular formula is C18H34N2O3. The van der Waals surface area contributed by atoms with Crippen molar-refractivity contribution in [3.05, 3.63) is 0 Å². The number of ketones is 2. The molecule has 1 atom stereocenters. The molecule has 0 aromatic heterocycles. The summed E-state index contributed by atoms with van der Waals surface area (Å²) in [5, 5.41) is 5.81. The van der Waals surface area contributed by atoms with Gasteiger partial charge >= 0.3 is 0 Å². The predicted molar refractivity (Wildman–Crippen MR) is 93.2 cm³/mol. The molecule has 0 aliphatic carbocycles. The largest absolute Gasteiger partial charge is 0.345 e. The summed E-state index contributed by atoms with van der Waals surface area (Å²) in [4.78, 5) is 37.0. The maximum Gasteiger partial charge on any atom is 0.234 e. The highest BCUT2D eigenvalue weighted by atomic mass is 16.2. The number of amides is 1. The fourth-order valence-electron chi connectivity index (χ4n) is 1.81. The molecule has 0 aliphatic rings. The van der Waals surface area contributed by atoms with Gasteiger partial charge in [0.25, 0.3) is 0 Å². The molecule has 2 N–H and O–H groups in total. The molecule has 0 saturated heterocycles. The maximum atomic E-state index is 12.6. The van der Waals surface area contributed by atoms with E-state index in [9.17, 15) is 14.4 Å². The number of rotatable bonds is 6. The third-order valence-electron chi connectivity index (χ3n) is 3.40. The lowest BCUT2D eigenvalue weighted by atomic mass is 9.81. The third-order valence-corrected chi connectivity index (χ3v) is 3.40. The molecule has 0 spiro atoms. The Balaban J connectivity index is 5.04. The van der Waals surface area contributed by atoms with Crippen molar-refractivity contribution in [3.63, 3.8) is 0 Å². The van der Waals surface area contributed by atoms with E-state index in [1.165, 1.54) is 0 Å². The summed E-state index contributed by atoms with van der Waals surface area (Å²) >= 11 is 0. The lowest BCUT2D eigenvalue weighted by Gasteiger charge is -2.28. The Morgan fingerprint density at radius 1 is 0.826 bits per heavy atom. The van der Waals surface area contributed by atoms with Gasteiger partial charge in [0.1, 0.15) is 5.78 Å². The van der Waals surface area contributed by atoms with Gasteiger partial charge in [-0.2, -0.15) is 0 Å². The van der Waals surface area contributed by atoms with Crippen molar-refractivity contribution < 1.29 is 14.4 Å². The summed E-state index contributed by atoms with van der Waals surface area (Å²) in [6.45, 7) is 16.8. The molecule has 0 heterocycles. The average molecular weight is 326 g/mol. The average Bonchev–Trinajstić information content (AvgIpc) is 2.31. The molecule has 23 heavy (non-hydrogen) atoms. The zero-order chi connectivity index (χ0) is 18.6. The van der Waals surface area contributed by atoms with E-state index in [1.54, 1.807) is 20.8 Å². The number of hydrogen-bond donors (Lipinski definition) is 2. The number of carbonyl (C=O) groups excluding carboxylic acids is 3. The van der Waals surface area contributed by atoms with Gasteiger partial charge in [0.05, 0.1) is 12.6 Å². The van der Waals surface area contributed by atoms with Crippen LogP contribution in [0.4, 0.5) is 0 Å². The summed E-state index contributed by atoms with van der Waals surface area (Å²) < 4.78 is 0. The van der Waals surface area contributed by atoms with Gasteiger partial charge in [0, 0.05) is 22.8 Å². The van der Waals surface area contributed by atoms with Crippen LogP contribution in [0.5, 0.6) is 0 Å². The molecule has 5 nitrogen and oxygen atoms in total. The molecule has 0 radical (unpaired) electrons. The van der Waals surface area contributed by atoms with E-state index in [-0.39, 0.29) is 36.0 Å². The Kier molecular flexibility index (Phi) is 7.16. The second kappa shape index (κ2) is 7.56. The molecular weight excluding hydrogens is 292 g/mol. The number of hydrogen-bond acceptors (Lipinski definition) is 4. The minimum absolute atomic E-state index is 0.0286. The van der Waals surface area contributed by atoms with Gasteiger partial charge in [0.15, 0.2) is 5.78 Å². The molecule has 0 fully saturated rings.